The Kier molecular flexibility index (Phi) is 3.84. The maximum Gasteiger partial charge on any atom is 0.142 e. The lowest BCUT2D eigenvalue weighted by Crippen LogP contribution is -1.98. The van der Waals surface area contributed by atoms with E-state index in [0.29, 0.717) is 21.5 Å². The summed E-state index contributed by atoms with van der Waals surface area (Å²) in [6.07, 6.45) is 0. The molecule has 0 aliphatic rings. The van der Waals surface area contributed by atoms with E-state index in [0.717, 1.165) is 11.4 Å². The van der Waals surface area contributed by atoms with Crippen LogP contribution < -0.4 is 15.8 Å². The Labute approximate surface area is 115 Å². The van der Waals surface area contributed by atoms with Crippen LogP contribution in [0.3, 0.4) is 0 Å². The van der Waals surface area contributed by atoms with E-state index in [1.165, 1.54) is 0 Å². The molecule has 18 heavy (non-hydrogen) atoms. The first-order chi connectivity index (χ1) is 8.60. The van der Waals surface area contributed by atoms with Crippen molar-refractivity contribution in [2.24, 2.45) is 0 Å². The van der Waals surface area contributed by atoms with Crippen LogP contribution in [0.4, 0.5) is 17.1 Å². The van der Waals surface area contributed by atoms with Gasteiger partial charge in [-0.25, -0.2) is 0 Å². The standard InChI is InChI=1S/C13H12Cl2N2O/c1-18-13-5-3-9(15)7-12(13)17-11-4-2-8(14)6-10(11)16/h2-7,17H,16H2,1H3. The molecule has 2 aromatic rings. The van der Waals surface area contributed by atoms with E-state index >= 15 is 0 Å². The van der Waals surface area contributed by atoms with Crippen LogP contribution in [0.1, 0.15) is 0 Å². The highest BCUT2D eigenvalue weighted by atomic mass is 35.5. The molecule has 0 spiro atoms. The Hall–Kier alpha value is -1.58. The van der Waals surface area contributed by atoms with Gasteiger partial charge in [-0.05, 0) is 36.4 Å². The summed E-state index contributed by atoms with van der Waals surface area (Å²) >= 11 is 11.8. The normalized spacial score (nSPS) is 10.2. The van der Waals surface area contributed by atoms with E-state index in [2.05, 4.69) is 5.32 Å². The molecule has 0 unspecified atom stereocenters. The van der Waals surface area contributed by atoms with Crippen molar-refractivity contribution in [1.82, 2.24) is 0 Å². The van der Waals surface area contributed by atoms with Gasteiger partial charge in [-0.2, -0.15) is 0 Å². The van der Waals surface area contributed by atoms with Crippen molar-refractivity contribution >= 4 is 40.3 Å². The second-order valence-corrected chi connectivity index (χ2v) is 4.57. The summed E-state index contributed by atoms with van der Waals surface area (Å²) in [4.78, 5) is 0. The van der Waals surface area contributed by atoms with Gasteiger partial charge in [-0.15, -0.1) is 0 Å². The number of nitrogens with two attached hydrogens (primary N) is 1. The summed E-state index contributed by atoms with van der Waals surface area (Å²) in [5.41, 5.74) is 7.94. The fraction of sp³-hybridized carbons (Fsp3) is 0.0769. The Morgan fingerprint density at radius 2 is 1.67 bits per heavy atom. The van der Waals surface area contributed by atoms with Gasteiger partial charge in [0.15, 0.2) is 0 Å². The lowest BCUT2D eigenvalue weighted by Gasteiger charge is -2.13. The number of nitrogen functional groups attached to an aromatic ring is 1. The van der Waals surface area contributed by atoms with Crippen molar-refractivity contribution in [2.45, 2.75) is 0 Å². The van der Waals surface area contributed by atoms with Crippen LogP contribution in [-0.2, 0) is 0 Å². The lowest BCUT2D eigenvalue weighted by molar-refractivity contribution is 0.417. The van der Waals surface area contributed by atoms with Crippen LogP contribution in [0.5, 0.6) is 5.75 Å². The Morgan fingerprint density at radius 3 is 2.33 bits per heavy atom. The predicted molar refractivity (Wildman–Crippen MR) is 77.2 cm³/mol. The highest BCUT2D eigenvalue weighted by molar-refractivity contribution is 6.31. The van der Waals surface area contributed by atoms with E-state index < -0.39 is 0 Å². The Balaban J connectivity index is 2.36. The van der Waals surface area contributed by atoms with Crippen LogP contribution in [0, 0.1) is 0 Å². The fourth-order valence-electron chi connectivity index (χ4n) is 1.57. The predicted octanol–water partition coefficient (Wildman–Crippen LogP) is 4.33. The molecule has 0 atom stereocenters. The minimum atomic E-state index is 0.560. The summed E-state index contributed by atoms with van der Waals surface area (Å²) in [5, 5.41) is 4.38. The van der Waals surface area contributed by atoms with Crippen molar-refractivity contribution in [3.05, 3.63) is 46.4 Å². The smallest absolute Gasteiger partial charge is 0.142 e. The molecule has 0 bridgehead atoms. The van der Waals surface area contributed by atoms with E-state index in [1.807, 2.05) is 0 Å². The maximum atomic E-state index is 5.96. The van der Waals surface area contributed by atoms with Gasteiger partial charge in [0, 0.05) is 10.0 Å². The first-order valence-corrected chi connectivity index (χ1v) is 6.01. The van der Waals surface area contributed by atoms with Crippen molar-refractivity contribution in [3.63, 3.8) is 0 Å². The molecule has 0 saturated carbocycles. The highest BCUT2D eigenvalue weighted by Gasteiger charge is 2.06. The molecule has 0 amide bonds. The molecule has 0 aromatic heterocycles. The van der Waals surface area contributed by atoms with Gasteiger partial charge in [0.25, 0.3) is 0 Å². The van der Waals surface area contributed by atoms with Gasteiger partial charge in [0.2, 0.25) is 0 Å². The largest absolute Gasteiger partial charge is 0.495 e. The first kappa shape index (κ1) is 12.9. The monoisotopic (exact) mass is 282 g/mol. The van der Waals surface area contributed by atoms with Crippen molar-refractivity contribution in [3.8, 4) is 5.75 Å². The summed E-state index contributed by atoms with van der Waals surface area (Å²) in [6.45, 7) is 0. The fourth-order valence-corrected chi connectivity index (χ4v) is 1.92. The molecule has 0 aliphatic carbocycles. The average Bonchev–Trinajstić information content (AvgIpc) is 2.33. The molecule has 5 heteroatoms. The van der Waals surface area contributed by atoms with Crippen LogP contribution in [0.25, 0.3) is 0 Å². The van der Waals surface area contributed by atoms with Gasteiger partial charge in [0.1, 0.15) is 5.75 Å². The third-order valence-electron chi connectivity index (χ3n) is 2.44. The van der Waals surface area contributed by atoms with Crippen molar-refractivity contribution in [1.29, 1.82) is 0 Å². The maximum absolute atomic E-state index is 5.96. The zero-order valence-electron chi connectivity index (χ0n) is 9.71. The molecule has 94 valence electrons. The highest BCUT2D eigenvalue weighted by Crippen LogP contribution is 2.33. The first-order valence-electron chi connectivity index (χ1n) is 5.26. The van der Waals surface area contributed by atoms with E-state index in [-0.39, 0.29) is 0 Å². The molecule has 0 radical (unpaired) electrons. The summed E-state index contributed by atoms with van der Waals surface area (Å²) in [7, 11) is 1.60. The van der Waals surface area contributed by atoms with Crippen molar-refractivity contribution < 1.29 is 4.74 Å². The SMILES string of the molecule is COc1ccc(Cl)cc1Nc1ccc(Cl)cc1N. The number of hydrogen-bond donors (Lipinski definition) is 2. The summed E-state index contributed by atoms with van der Waals surface area (Å²) in [5.74, 6) is 0.689. The molecule has 2 aromatic carbocycles. The van der Waals surface area contributed by atoms with E-state index in [4.69, 9.17) is 33.7 Å². The molecule has 3 N–H and O–H groups in total. The van der Waals surface area contributed by atoms with Crippen LogP contribution in [0.15, 0.2) is 36.4 Å². The molecule has 0 saturated heterocycles. The van der Waals surface area contributed by atoms with E-state index in [9.17, 15) is 0 Å². The number of ether oxygens (including phenoxy) is 1. The Morgan fingerprint density at radius 1 is 1.00 bits per heavy atom. The van der Waals surface area contributed by atoms with Crippen LogP contribution >= 0.6 is 23.2 Å². The second kappa shape index (κ2) is 5.38. The molecule has 3 nitrogen and oxygen atoms in total. The zero-order chi connectivity index (χ0) is 13.1. The number of halogens is 2. The van der Waals surface area contributed by atoms with Crippen LogP contribution in [0.2, 0.25) is 10.0 Å². The molecular formula is C13H12Cl2N2O. The van der Waals surface area contributed by atoms with Gasteiger partial charge in [0.05, 0.1) is 24.2 Å². The Bertz CT molecular complexity index is 573. The number of rotatable bonds is 3. The quantitative estimate of drug-likeness (QED) is 0.824. The minimum Gasteiger partial charge on any atom is -0.495 e. The number of methoxy groups -OCH3 is 1. The number of hydrogen-bond acceptors (Lipinski definition) is 3. The lowest BCUT2D eigenvalue weighted by atomic mass is 10.2. The number of nitrogens with one attached hydrogen (secondary N) is 1. The minimum absolute atomic E-state index is 0.560. The van der Waals surface area contributed by atoms with Crippen LogP contribution in [-0.4, -0.2) is 7.11 Å². The zero-order valence-corrected chi connectivity index (χ0v) is 11.2. The number of anilines is 3. The summed E-state index contributed by atoms with van der Waals surface area (Å²) < 4.78 is 5.25. The molecule has 0 fully saturated rings. The second-order valence-electron chi connectivity index (χ2n) is 3.70. The van der Waals surface area contributed by atoms with E-state index in [1.54, 1.807) is 43.5 Å². The van der Waals surface area contributed by atoms with Crippen molar-refractivity contribution in [2.75, 3.05) is 18.2 Å². The molecular weight excluding hydrogens is 271 g/mol. The third kappa shape index (κ3) is 2.81. The van der Waals surface area contributed by atoms with Gasteiger partial charge in [-0.1, -0.05) is 23.2 Å². The molecule has 0 aliphatic heterocycles. The molecule has 2 rings (SSSR count). The van der Waals surface area contributed by atoms with Gasteiger partial charge < -0.3 is 15.8 Å². The number of benzene rings is 2. The topological polar surface area (TPSA) is 47.3 Å². The molecule has 0 heterocycles. The average molecular weight is 283 g/mol. The van der Waals surface area contributed by atoms with Gasteiger partial charge >= 0.3 is 0 Å². The van der Waals surface area contributed by atoms with Gasteiger partial charge in [-0.3, -0.25) is 0 Å². The third-order valence-corrected chi connectivity index (χ3v) is 2.91. The summed E-state index contributed by atoms with van der Waals surface area (Å²) in [6, 6.07) is 10.6.